The molecule has 112 valence electrons. The number of hydrogen-bond donors (Lipinski definition) is 1. The molecule has 2 aromatic rings. The third-order valence-electron chi connectivity index (χ3n) is 3.54. The summed E-state index contributed by atoms with van der Waals surface area (Å²) in [6.45, 7) is 3.82. The maximum atomic E-state index is 6.51. The Balaban J connectivity index is 2.32. The van der Waals surface area contributed by atoms with E-state index in [1.165, 1.54) is 11.3 Å². The molecule has 0 saturated heterocycles. The van der Waals surface area contributed by atoms with Crippen LogP contribution in [-0.4, -0.2) is 13.1 Å². The van der Waals surface area contributed by atoms with Crippen molar-refractivity contribution in [3.8, 4) is 0 Å². The summed E-state index contributed by atoms with van der Waals surface area (Å²) < 4.78 is 0. The molecule has 21 heavy (non-hydrogen) atoms. The number of benzene rings is 2. The molecule has 0 aliphatic carbocycles. The molecule has 0 fully saturated rings. The molecular formula is C18H23ClN2. The molecular weight excluding hydrogens is 280 g/mol. The van der Waals surface area contributed by atoms with Gasteiger partial charge in [0.1, 0.15) is 0 Å². The molecule has 2 N–H and O–H groups in total. The van der Waals surface area contributed by atoms with Crippen molar-refractivity contribution in [2.45, 2.75) is 26.2 Å². The van der Waals surface area contributed by atoms with Crippen molar-refractivity contribution in [1.82, 2.24) is 0 Å². The highest BCUT2D eigenvalue weighted by molar-refractivity contribution is 6.33. The van der Waals surface area contributed by atoms with Crippen molar-refractivity contribution in [3.63, 3.8) is 0 Å². The van der Waals surface area contributed by atoms with Crippen LogP contribution < -0.4 is 10.6 Å². The van der Waals surface area contributed by atoms with Crippen molar-refractivity contribution < 1.29 is 0 Å². The largest absolute Gasteiger partial charge is 0.340 e. The summed E-state index contributed by atoms with van der Waals surface area (Å²) in [4.78, 5) is 2.29. The van der Waals surface area contributed by atoms with E-state index in [-0.39, 0.29) is 0 Å². The van der Waals surface area contributed by atoms with Gasteiger partial charge in [0.15, 0.2) is 0 Å². The van der Waals surface area contributed by atoms with E-state index in [9.17, 15) is 0 Å². The average molecular weight is 303 g/mol. The van der Waals surface area contributed by atoms with E-state index >= 15 is 0 Å². The molecule has 2 rings (SSSR count). The van der Waals surface area contributed by atoms with Crippen LogP contribution in [0.1, 0.15) is 25.3 Å². The first kappa shape index (κ1) is 15.9. The average Bonchev–Trinajstić information content (AvgIpc) is 2.51. The number of nitrogens with two attached hydrogens (primary N) is 1. The first-order valence-electron chi connectivity index (χ1n) is 7.57. The van der Waals surface area contributed by atoms with Crippen LogP contribution in [0.3, 0.4) is 0 Å². The number of para-hydroxylation sites is 1. The second-order valence-corrected chi connectivity index (χ2v) is 5.57. The van der Waals surface area contributed by atoms with E-state index in [0.29, 0.717) is 6.54 Å². The molecule has 3 heteroatoms. The Kier molecular flexibility index (Phi) is 6.09. The highest BCUT2D eigenvalue weighted by atomic mass is 35.5. The van der Waals surface area contributed by atoms with Crippen LogP contribution in [0.25, 0.3) is 0 Å². The molecule has 2 nitrogen and oxygen atoms in total. The summed E-state index contributed by atoms with van der Waals surface area (Å²) in [5.74, 6) is 0. The lowest BCUT2D eigenvalue weighted by atomic mass is 10.1. The Labute approximate surface area is 132 Å². The molecule has 0 saturated carbocycles. The van der Waals surface area contributed by atoms with Gasteiger partial charge in [0.05, 0.1) is 10.7 Å². The van der Waals surface area contributed by atoms with E-state index in [2.05, 4.69) is 48.2 Å². The SMILES string of the molecule is CCCCN(c1ccccc1)c1ccc(CCN)cc1Cl. The van der Waals surface area contributed by atoms with Crippen LogP contribution in [0.4, 0.5) is 11.4 Å². The minimum atomic E-state index is 0.647. The number of anilines is 2. The highest BCUT2D eigenvalue weighted by Crippen LogP contribution is 2.33. The fourth-order valence-corrected chi connectivity index (χ4v) is 2.71. The van der Waals surface area contributed by atoms with Crippen LogP contribution in [0.5, 0.6) is 0 Å². The molecule has 0 unspecified atom stereocenters. The molecule has 2 aromatic carbocycles. The zero-order valence-corrected chi connectivity index (χ0v) is 13.3. The van der Waals surface area contributed by atoms with Crippen molar-refractivity contribution in [1.29, 1.82) is 0 Å². The summed E-state index contributed by atoms with van der Waals surface area (Å²) in [6.07, 6.45) is 3.16. The predicted molar refractivity (Wildman–Crippen MR) is 92.6 cm³/mol. The zero-order valence-electron chi connectivity index (χ0n) is 12.6. The summed E-state index contributed by atoms with van der Waals surface area (Å²) >= 11 is 6.51. The van der Waals surface area contributed by atoms with E-state index in [1.807, 2.05) is 12.1 Å². The monoisotopic (exact) mass is 302 g/mol. The van der Waals surface area contributed by atoms with Gasteiger partial charge < -0.3 is 10.6 Å². The lowest BCUT2D eigenvalue weighted by Crippen LogP contribution is -2.18. The fraction of sp³-hybridized carbons (Fsp3) is 0.333. The molecule has 0 aliphatic heterocycles. The molecule has 0 heterocycles. The second-order valence-electron chi connectivity index (χ2n) is 5.17. The molecule has 0 atom stereocenters. The van der Waals surface area contributed by atoms with Gasteiger partial charge in [0, 0.05) is 12.2 Å². The second kappa shape index (κ2) is 8.06. The standard InChI is InChI=1S/C18H23ClN2/c1-2-3-13-21(16-7-5-4-6-8-16)18-10-9-15(11-12-20)14-17(18)19/h4-10,14H,2-3,11-13,20H2,1H3. The van der Waals surface area contributed by atoms with Gasteiger partial charge in [-0.05, 0) is 49.2 Å². The third-order valence-corrected chi connectivity index (χ3v) is 3.84. The first-order chi connectivity index (χ1) is 10.3. The van der Waals surface area contributed by atoms with Crippen LogP contribution in [-0.2, 0) is 6.42 Å². The van der Waals surface area contributed by atoms with E-state index in [4.69, 9.17) is 17.3 Å². The highest BCUT2D eigenvalue weighted by Gasteiger charge is 2.12. The fourth-order valence-electron chi connectivity index (χ4n) is 2.40. The molecule has 0 spiro atoms. The Morgan fingerprint density at radius 3 is 2.48 bits per heavy atom. The summed E-state index contributed by atoms with van der Waals surface area (Å²) in [5, 5.41) is 0.793. The van der Waals surface area contributed by atoms with E-state index < -0.39 is 0 Å². The van der Waals surface area contributed by atoms with Gasteiger partial charge in [0.2, 0.25) is 0 Å². The zero-order chi connectivity index (χ0) is 15.1. The topological polar surface area (TPSA) is 29.3 Å². The van der Waals surface area contributed by atoms with Gasteiger partial charge in [-0.3, -0.25) is 0 Å². The maximum absolute atomic E-state index is 6.51. The Hall–Kier alpha value is -1.51. The molecule has 0 aromatic heterocycles. The van der Waals surface area contributed by atoms with Gasteiger partial charge in [-0.25, -0.2) is 0 Å². The number of nitrogens with zero attached hydrogens (tertiary/aromatic N) is 1. The Morgan fingerprint density at radius 1 is 1.10 bits per heavy atom. The smallest absolute Gasteiger partial charge is 0.0645 e. The number of halogens is 1. The summed E-state index contributed by atoms with van der Waals surface area (Å²) in [7, 11) is 0. The lowest BCUT2D eigenvalue weighted by Gasteiger charge is -2.26. The summed E-state index contributed by atoms with van der Waals surface area (Å²) in [5.41, 5.74) is 9.05. The van der Waals surface area contributed by atoms with Crippen LogP contribution >= 0.6 is 11.6 Å². The van der Waals surface area contributed by atoms with Crippen molar-refractivity contribution in [2.75, 3.05) is 18.0 Å². The Bertz CT molecular complexity index is 554. The molecule has 0 aliphatic rings. The number of unbranched alkanes of at least 4 members (excludes halogenated alkanes) is 1. The Morgan fingerprint density at radius 2 is 1.86 bits per heavy atom. The first-order valence-corrected chi connectivity index (χ1v) is 7.95. The third kappa shape index (κ3) is 4.23. The van der Waals surface area contributed by atoms with Gasteiger partial charge >= 0.3 is 0 Å². The van der Waals surface area contributed by atoms with Crippen molar-refractivity contribution in [3.05, 3.63) is 59.1 Å². The number of hydrogen-bond acceptors (Lipinski definition) is 2. The normalized spacial score (nSPS) is 10.6. The lowest BCUT2D eigenvalue weighted by molar-refractivity contribution is 0.785. The van der Waals surface area contributed by atoms with Crippen LogP contribution in [0.2, 0.25) is 5.02 Å². The van der Waals surface area contributed by atoms with Crippen LogP contribution in [0.15, 0.2) is 48.5 Å². The minimum Gasteiger partial charge on any atom is -0.340 e. The van der Waals surface area contributed by atoms with E-state index in [0.717, 1.165) is 36.5 Å². The number of rotatable bonds is 7. The van der Waals surface area contributed by atoms with Crippen molar-refractivity contribution in [2.24, 2.45) is 5.73 Å². The van der Waals surface area contributed by atoms with Gasteiger partial charge in [-0.1, -0.05) is 49.2 Å². The molecule has 0 radical (unpaired) electrons. The molecule has 0 amide bonds. The van der Waals surface area contributed by atoms with Crippen molar-refractivity contribution >= 4 is 23.0 Å². The maximum Gasteiger partial charge on any atom is 0.0645 e. The van der Waals surface area contributed by atoms with Gasteiger partial charge in [-0.15, -0.1) is 0 Å². The van der Waals surface area contributed by atoms with E-state index in [1.54, 1.807) is 0 Å². The quantitative estimate of drug-likeness (QED) is 0.797. The van der Waals surface area contributed by atoms with Gasteiger partial charge in [-0.2, -0.15) is 0 Å². The molecule has 0 bridgehead atoms. The van der Waals surface area contributed by atoms with Gasteiger partial charge in [0.25, 0.3) is 0 Å². The summed E-state index contributed by atoms with van der Waals surface area (Å²) in [6, 6.07) is 16.7. The predicted octanol–water partition coefficient (Wildman–Crippen LogP) is 4.78. The minimum absolute atomic E-state index is 0.647. The van der Waals surface area contributed by atoms with Crippen LogP contribution in [0, 0.1) is 0 Å².